The molecule has 0 aliphatic carbocycles. The minimum atomic E-state index is -0.705. The van der Waals surface area contributed by atoms with Gasteiger partial charge in [0.15, 0.2) is 0 Å². The molecular formula is C20H15F3. The van der Waals surface area contributed by atoms with Gasteiger partial charge >= 0.3 is 0 Å². The van der Waals surface area contributed by atoms with Crippen molar-refractivity contribution < 1.29 is 13.2 Å². The lowest BCUT2D eigenvalue weighted by molar-refractivity contribution is 0.589. The molecule has 0 aliphatic heterocycles. The van der Waals surface area contributed by atoms with Crippen LogP contribution >= 0.6 is 0 Å². The first-order valence-corrected chi connectivity index (χ1v) is 7.28. The predicted molar refractivity (Wildman–Crippen MR) is 86.7 cm³/mol. The van der Waals surface area contributed by atoms with E-state index >= 15 is 0 Å². The molecule has 0 radical (unpaired) electrons. The number of hydrogen-bond donors (Lipinski definition) is 0. The second-order valence-corrected chi connectivity index (χ2v) is 5.64. The van der Waals surface area contributed by atoms with Crippen molar-refractivity contribution >= 4 is 0 Å². The monoisotopic (exact) mass is 312 g/mol. The van der Waals surface area contributed by atoms with Crippen molar-refractivity contribution in [1.82, 2.24) is 0 Å². The van der Waals surface area contributed by atoms with Crippen molar-refractivity contribution in [2.45, 2.75) is 13.8 Å². The van der Waals surface area contributed by atoms with Crippen LogP contribution in [0.15, 0.2) is 54.6 Å². The molecule has 3 aromatic carbocycles. The summed E-state index contributed by atoms with van der Waals surface area (Å²) in [4.78, 5) is 0. The van der Waals surface area contributed by atoms with E-state index in [4.69, 9.17) is 0 Å². The van der Waals surface area contributed by atoms with Crippen LogP contribution in [0.2, 0.25) is 0 Å². The molecular weight excluding hydrogens is 297 g/mol. The maximum absolute atomic E-state index is 14.4. The van der Waals surface area contributed by atoms with Gasteiger partial charge in [0.25, 0.3) is 0 Å². The van der Waals surface area contributed by atoms with Crippen molar-refractivity contribution in [3.8, 4) is 22.3 Å². The van der Waals surface area contributed by atoms with Crippen LogP contribution in [0.1, 0.15) is 11.1 Å². The van der Waals surface area contributed by atoms with E-state index in [2.05, 4.69) is 0 Å². The third kappa shape index (κ3) is 3.00. The summed E-state index contributed by atoms with van der Waals surface area (Å²) in [5.41, 5.74) is 2.68. The van der Waals surface area contributed by atoms with Crippen LogP contribution in [0, 0.1) is 31.3 Å². The summed E-state index contributed by atoms with van der Waals surface area (Å²) < 4.78 is 42.5. The largest absolute Gasteiger partial charge is 0.207 e. The fraction of sp³-hybridized carbons (Fsp3) is 0.100. The van der Waals surface area contributed by atoms with Gasteiger partial charge in [-0.05, 0) is 54.3 Å². The summed E-state index contributed by atoms with van der Waals surface area (Å²) in [5, 5.41) is 0. The maximum atomic E-state index is 14.4. The summed E-state index contributed by atoms with van der Waals surface area (Å²) in [6.07, 6.45) is 0. The van der Waals surface area contributed by atoms with E-state index in [9.17, 15) is 13.2 Å². The zero-order valence-electron chi connectivity index (χ0n) is 12.8. The summed E-state index contributed by atoms with van der Waals surface area (Å²) in [6, 6.07) is 14.1. The third-order valence-electron chi connectivity index (χ3n) is 3.89. The smallest absolute Gasteiger partial charge is 0.134 e. The number of hydrogen-bond acceptors (Lipinski definition) is 0. The molecule has 0 aliphatic rings. The normalized spacial score (nSPS) is 10.8. The highest BCUT2D eigenvalue weighted by Gasteiger charge is 2.15. The Labute approximate surface area is 133 Å². The van der Waals surface area contributed by atoms with Gasteiger partial charge in [0, 0.05) is 0 Å². The van der Waals surface area contributed by atoms with Crippen molar-refractivity contribution in [2.75, 3.05) is 0 Å². The van der Waals surface area contributed by atoms with E-state index in [1.807, 2.05) is 31.2 Å². The molecule has 0 bridgehead atoms. The minimum absolute atomic E-state index is 0.193. The molecule has 0 unspecified atom stereocenters. The van der Waals surface area contributed by atoms with E-state index in [-0.39, 0.29) is 11.1 Å². The highest BCUT2D eigenvalue weighted by Crippen LogP contribution is 2.31. The second kappa shape index (κ2) is 5.92. The van der Waals surface area contributed by atoms with Gasteiger partial charge in [0.2, 0.25) is 0 Å². The molecule has 0 spiro atoms. The molecule has 0 heterocycles. The summed E-state index contributed by atoms with van der Waals surface area (Å²) in [6.45, 7) is 3.55. The van der Waals surface area contributed by atoms with Crippen molar-refractivity contribution in [1.29, 1.82) is 0 Å². The summed E-state index contributed by atoms with van der Waals surface area (Å²) in [7, 11) is 0. The first-order valence-electron chi connectivity index (χ1n) is 7.28. The first kappa shape index (κ1) is 15.3. The number of halogens is 3. The van der Waals surface area contributed by atoms with Crippen LogP contribution in [-0.2, 0) is 0 Å². The molecule has 0 N–H and O–H groups in total. The predicted octanol–water partition coefficient (Wildman–Crippen LogP) is 6.05. The molecule has 0 atom stereocenters. The van der Waals surface area contributed by atoms with E-state index in [0.29, 0.717) is 11.1 Å². The topological polar surface area (TPSA) is 0 Å². The standard InChI is InChI=1S/C20H15F3/c1-12-3-6-14(7-4-12)16-10-18(22)20(19(23)11-16)15-8-5-13(2)17(21)9-15/h3-11H,1-2H3. The van der Waals surface area contributed by atoms with Gasteiger partial charge in [-0.1, -0.05) is 42.0 Å². The van der Waals surface area contributed by atoms with Gasteiger partial charge in [-0.3, -0.25) is 0 Å². The first-order chi connectivity index (χ1) is 11.0. The molecule has 0 aromatic heterocycles. The van der Waals surface area contributed by atoms with Gasteiger partial charge in [-0.15, -0.1) is 0 Å². The van der Waals surface area contributed by atoms with Crippen LogP contribution < -0.4 is 0 Å². The lowest BCUT2D eigenvalue weighted by Crippen LogP contribution is -1.94. The molecule has 23 heavy (non-hydrogen) atoms. The average molecular weight is 312 g/mol. The highest BCUT2D eigenvalue weighted by molar-refractivity contribution is 5.72. The number of benzene rings is 3. The molecule has 0 saturated heterocycles. The van der Waals surface area contributed by atoms with Crippen LogP contribution in [0.5, 0.6) is 0 Å². The zero-order chi connectivity index (χ0) is 16.6. The van der Waals surface area contributed by atoms with Crippen molar-refractivity contribution in [3.63, 3.8) is 0 Å². The summed E-state index contributed by atoms with van der Waals surface area (Å²) >= 11 is 0. The fourth-order valence-electron chi connectivity index (χ4n) is 2.51. The van der Waals surface area contributed by atoms with E-state index < -0.39 is 17.5 Å². The molecule has 3 aromatic rings. The summed E-state index contributed by atoms with van der Waals surface area (Å²) in [5.74, 6) is -1.89. The van der Waals surface area contributed by atoms with Crippen LogP contribution in [-0.4, -0.2) is 0 Å². The van der Waals surface area contributed by atoms with Gasteiger partial charge in [-0.25, -0.2) is 13.2 Å². The van der Waals surface area contributed by atoms with Gasteiger partial charge in [-0.2, -0.15) is 0 Å². The SMILES string of the molecule is Cc1ccc(-c2cc(F)c(-c3ccc(C)c(F)c3)c(F)c2)cc1. The molecule has 3 heteroatoms. The van der Waals surface area contributed by atoms with Crippen LogP contribution in [0.25, 0.3) is 22.3 Å². The Kier molecular flexibility index (Phi) is 3.95. The Bertz CT molecular complexity index is 842. The van der Waals surface area contributed by atoms with E-state index in [1.165, 1.54) is 24.3 Å². The van der Waals surface area contributed by atoms with Crippen molar-refractivity contribution in [2.24, 2.45) is 0 Å². The van der Waals surface area contributed by atoms with Gasteiger partial charge in [0.1, 0.15) is 17.5 Å². The highest BCUT2D eigenvalue weighted by atomic mass is 19.1. The molecule has 0 saturated carbocycles. The molecule has 3 rings (SSSR count). The molecule has 0 fully saturated rings. The zero-order valence-corrected chi connectivity index (χ0v) is 12.8. The Morgan fingerprint density at radius 2 is 1.09 bits per heavy atom. The Hall–Kier alpha value is -2.55. The van der Waals surface area contributed by atoms with Crippen LogP contribution in [0.3, 0.4) is 0 Å². The van der Waals surface area contributed by atoms with E-state index in [0.717, 1.165) is 17.2 Å². The Morgan fingerprint density at radius 1 is 0.565 bits per heavy atom. The second-order valence-electron chi connectivity index (χ2n) is 5.64. The average Bonchev–Trinajstić information content (AvgIpc) is 2.51. The van der Waals surface area contributed by atoms with E-state index in [1.54, 1.807) is 6.92 Å². The quantitative estimate of drug-likeness (QED) is 0.540. The number of aryl methyl sites for hydroxylation is 2. The Morgan fingerprint density at radius 3 is 1.65 bits per heavy atom. The van der Waals surface area contributed by atoms with Gasteiger partial charge in [0.05, 0.1) is 5.56 Å². The minimum Gasteiger partial charge on any atom is -0.207 e. The molecule has 0 nitrogen and oxygen atoms in total. The maximum Gasteiger partial charge on any atom is 0.134 e. The lowest BCUT2D eigenvalue weighted by atomic mass is 9.97. The van der Waals surface area contributed by atoms with Gasteiger partial charge < -0.3 is 0 Å². The van der Waals surface area contributed by atoms with Crippen LogP contribution in [0.4, 0.5) is 13.2 Å². The molecule has 0 amide bonds. The van der Waals surface area contributed by atoms with Crippen molar-refractivity contribution in [3.05, 3.63) is 83.2 Å². The Balaban J connectivity index is 2.10. The lowest BCUT2D eigenvalue weighted by Gasteiger charge is -2.10. The number of rotatable bonds is 2. The fourth-order valence-corrected chi connectivity index (χ4v) is 2.51. The third-order valence-corrected chi connectivity index (χ3v) is 3.89. The molecule has 116 valence electrons.